The van der Waals surface area contributed by atoms with Gasteiger partial charge in [0.05, 0.1) is 11.7 Å². The predicted octanol–water partition coefficient (Wildman–Crippen LogP) is 4.06. The second-order valence-corrected chi connectivity index (χ2v) is 6.17. The normalized spacial score (nSPS) is 13.3. The predicted molar refractivity (Wildman–Crippen MR) is 87.0 cm³/mol. The molecule has 0 saturated carbocycles. The number of hydrogen-bond acceptors (Lipinski definition) is 2. The third kappa shape index (κ3) is 5.28. The quantitative estimate of drug-likeness (QED) is 0.655. The van der Waals surface area contributed by atoms with E-state index in [4.69, 9.17) is 5.10 Å². The molecule has 0 saturated heterocycles. The summed E-state index contributed by atoms with van der Waals surface area (Å²) in [6, 6.07) is 2.76. The van der Waals surface area contributed by atoms with Gasteiger partial charge in [-0.05, 0) is 56.7 Å². The van der Waals surface area contributed by atoms with E-state index in [0.717, 1.165) is 32.4 Å². The van der Waals surface area contributed by atoms with E-state index < -0.39 is 0 Å². The van der Waals surface area contributed by atoms with Crippen LogP contribution in [0.5, 0.6) is 0 Å². The summed E-state index contributed by atoms with van der Waals surface area (Å²) in [5, 5.41) is 8.35. The molecule has 116 valence electrons. The lowest BCUT2D eigenvalue weighted by Crippen LogP contribution is -2.28. The van der Waals surface area contributed by atoms with E-state index in [1.165, 1.54) is 12.1 Å². The van der Waals surface area contributed by atoms with Crippen LogP contribution >= 0.6 is 0 Å². The van der Waals surface area contributed by atoms with E-state index >= 15 is 0 Å². The molecule has 0 amide bonds. The maximum Gasteiger partial charge on any atom is 0.0628 e. The third-order valence-electron chi connectivity index (χ3n) is 4.23. The minimum atomic E-state index is 0.555. The van der Waals surface area contributed by atoms with Crippen LogP contribution in [0.2, 0.25) is 0 Å². The van der Waals surface area contributed by atoms with Gasteiger partial charge in [0.1, 0.15) is 0 Å². The lowest BCUT2D eigenvalue weighted by atomic mass is 9.91. The van der Waals surface area contributed by atoms with E-state index in [2.05, 4.69) is 56.9 Å². The summed E-state index contributed by atoms with van der Waals surface area (Å²) in [7, 11) is 0. The first-order chi connectivity index (χ1) is 9.62. The molecular formula is C17H33N3. The summed E-state index contributed by atoms with van der Waals surface area (Å²) in [4.78, 5) is 0. The highest BCUT2D eigenvalue weighted by Crippen LogP contribution is 2.18. The molecular weight excluding hydrogens is 246 g/mol. The van der Waals surface area contributed by atoms with Gasteiger partial charge in [-0.25, -0.2) is 0 Å². The smallest absolute Gasteiger partial charge is 0.0628 e. The zero-order valence-electron chi connectivity index (χ0n) is 14.0. The van der Waals surface area contributed by atoms with Gasteiger partial charge in [-0.1, -0.05) is 34.6 Å². The minimum absolute atomic E-state index is 0.555. The average Bonchev–Trinajstić information content (AvgIpc) is 2.87. The lowest BCUT2D eigenvalue weighted by Gasteiger charge is -2.20. The van der Waals surface area contributed by atoms with Crippen LogP contribution in [0.4, 0.5) is 0 Å². The molecule has 0 fully saturated rings. The zero-order valence-corrected chi connectivity index (χ0v) is 14.0. The molecule has 0 bridgehead atoms. The summed E-state index contributed by atoms with van der Waals surface area (Å²) in [5.74, 6) is 1.37. The van der Waals surface area contributed by atoms with Gasteiger partial charge in [-0.3, -0.25) is 4.68 Å². The molecule has 0 spiro atoms. The lowest BCUT2D eigenvalue weighted by molar-refractivity contribution is 0.354. The second kappa shape index (κ2) is 9.17. The topological polar surface area (TPSA) is 29.9 Å². The molecule has 1 rings (SSSR count). The highest BCUT2D eigenvalue weighted by atomic mass is 15.3. The van der Waals surface area contributed by atoms with Crippen LogP contribution in [0, 0.1) is 11.8 Å². The van der Waals surface area contributed by atoms with Crippen molar-refractivity contribution in [1.29, 1.82) is 0 Å². The average molecular weight is 279 g/mol. The summed E-state index contributed by atoms with van der Waals surface area (Å²) in [5.41, 5.74) is 1.24. The fourth-order valence-electron chi connectivity index (χ4n) is 2.63. The monoisotopic (exact) mass is 279 g/mol. The van der Waals surface area contributed by atoms with E-state index in [1.807, 2.05) is 0 Å². The molecule has 3 nitrogen and oxygen atoms in total. The molecule has 1 atom stereocenters. The highest BCUT2D eigenvalue weighted by molar-refractivity contribution is 5.01. The summed E-state index contributed by atoms with van der Waals surface area (Å²) in [6.45, 7) is 13.5. The Labute approximate surface area is 125 Å². The van der Waals surface area contributed by atoms with E-state index in [-0.39, 0.29) is 0 Å². The molecule has 20 heavy (non-hydrogen) atoms. The minimum Gasteiger partial charge on any atom is -0.316 e. The Bertz CT molecular complexity index is 353. The largest absolute Gasteiger partial charge is 0.316 e. The first kappa shape index (κ1) is 17.2. The van der Waals surface area contributed by atoms with Crippen LogP contribution in [0.3, 0.4) is 0 Å². The number of rotatable bonds is 10. The second-order valence-electron chi connectivity index (χ2n) is 6.17. The Morgan fingerprint density at radius 2 is 1.90 bits per heavy atom. The molecule has 0 aliphatic heterocycles. The Hall–Kier alpha value is -0.830. The van der Waals surface area contributed by atoms with Gasteiger partial charge in [0, 0.05) is 6.20 Å². The van der Waals surface area contributed by atoms with Crippen molar-refractivity contribution in [2.45, 2.75) is 66.3 Å². The van der Waals surface area contributed by atoms with Gasteiger partial charge in [0.25, 0.3) is 0 Å². The Morgan fingerprint density at radius 1 is 1.20 bits per heavy atom. The van der Waals surface area contributed by atoms with Gasteiger partial charge in [0.2, 0.25) is 0 Å². The first-order valence-corrected chi connectivity index (χ1v) is 8.37. The van der Waals surface area contributed by atoms with Gasteiger partial charge in [-0.2, -0.15) is 5.10 Å². The fourth-order valence-corrected chi connectivity index (χ4v) is 2.63. The molecule has 1 aromatic rings. The van der Waals surface area contributed by atoms with Crippen molar-refractivity contribution < 1.29 is 0 Å². The number of nitrogens with one attached hydrogen (secondary N) is 1. The van der Waals surface area contributed by atoms with Crippen LogP contribution in [0.1, 0.15) is 65.6 Å². The number of nitrogens with zero attached hydrogens (tertiary/aromatic N) is 2. The third-order valence-corrected chi connectivity index (χ3v) is 4.23. The molecule has 1 heterocycles. The van der Waals surface area contributed by atoms with Gasteiger partial charge < -0.3 is 5.32 Å². The molecule has 0 aromatic carbocycles. The Kier molecular flexibility index (Phi) is 7.90. The zero-order chi connectivity index (χ0) is 15.0. The van der Waals surface area contributed by atoms with Crippen molar-refractivity contribution in [1.82, 2.24) is 15.1 Å². The van der Waals surface area contributed by atoms with Crippen molar-refractivity contribution in [2.24, 2.45) is 11.8 Å². The SMILES string of the molecule is CCCNCC(Cc1ccn(C(CC)CC)n1)C(C)C. The summed E-state index contributed by atoms with van der Waals surface area (Å²) in [6.07, 6.45) is 6.76. The van der Waals surface area contributed by atoms with Crippen LogP contribution in [-0.2, 0) is 6.42 Å². The molecule has 0 aliphatic carbocycles. The van der Waals surface area contributed by atoms with Crippen LogP contribution in [0.15, 0.2) is 12.3 Å². The Balaban J connectivity index is 2.60. The molecule has 1 unspecified atom stereocenters. The molecule has 3 heteroatoms. The van der Waals surface area contributed by atoms with Gasteiger partial charge >= 0.3 is 0 Å². The van der Waals surface area contributed by atoms with Crippen molar-refractivity contribution in [3.8, 4) is 0 Å². The maximum absolute atomic E-state index is 4.79. The highest BCUT2D eigenvalue weighted by Gasteiger charge is 2.16. The van der Waals surface area contributed by atoms with E-state index in [1.54, 1.807) is 0 Å². The molecule has 0 radical (unpaired) electrons. The Morgan fingerprint density at radius 3 is 2.45 bits per heavy atom. The number of hydrogen-bond donors (Lipinski definition) is 1. The fraction of sp³-hybridized carbons (Fsp3) is 0.824. The number of aromatic nitrogens is 2. The van der Waals surface area contributed by atoms with Crippen molar-refractivity contribution in [2.75, 3.05) is 13.1 Å². The molecule has 1 aromatic heterocycles. The van der Waals surface area contributed by atoms with Crippen LogP contribution < -0.4 is 5.32 Å². The maximum atomic E-state index is 4.79. The van der Waals surface area contributed by atoms with Crippen LogP contribution in [-0.4, -0.2) is 22.9 Å². The summed E-state index contributed by atoms with van der Waals surface area (Å²) < 4.78 is 2.16. The first-order valence-electron chi connectivity index (χ1n) is 8.37. The summed E-state index contributed by atoms with van der Waals surface area (Å²) >= 11 is 0. The van der Waals surface area contributed by atoms with Crippen molar-refractivity contribution in [3.63, 3.8) is 0 Å². The van der Waals surface area contributed by atoms with Crippen molar-refractivity contribution >= 4 is 0 Å². The van der Waals surface area contributed by atoms with E-state index in [9.17, 15) is 0 Å². The van der Waals surface area contributed by atoms with E-state index in [0.29, 0.717) is 17.9 Å². The molecule has 1 N–H and O–H groups in total. The van der Waals surface area contributed by atoms with Crippen molar-refractivity contribution in [3.05, 3.63) is 18.0 Å². The van der Waals surface area contributed by atoms with Gasteiger partial charge in [0.15, 0.2) is 0 Å². The standard InChI is InChI=1S/C17H33N3/c1-6-10-18-13-15(14(4)5)12-16-9-11-20(19-16)17(7-2)8-3/h9,11,14-15,17-18H,6-8,10,12-13H2,1-5H3. The van der Waals surface area contributed by atoms with Gasteiger partial charge in [-0.15, -0.1) is 0 Å². The van der Waals surface area contributed by atoms with Crippen LogP contribution in [0.25, 0.3) is 0 Å². The molecule has 0 aliphatic rings.